The number of ether oxygens (including phenoxy) is 1. The van der Waals surface area contributed by atoms with Gasteiger partial charge >= 0.3 is 0 Å². The molecular weight excluding hydrogens is 316 g/mol. The van der Waals surface area contributed by atoms with Crippen molar-refractivity contribution < 1.29 is 19.7 Å². The molecule has 0 amide bonds. The van der Waals surface area contributed by atoms with Gasteiger partial charge in [0, 0.05) is 5.56 Å². The predicted octanol–water partition coefficient (Wildman–Crippen LogP) is 2.67. The van der Waals surface area contributed by atoms with Crippen molar-refractivity contribution in [3.8, 4) is 5.75 Å². The normalized spacial score (nSPS) is 21.9. The zero-order valence-electron chi connectivity index (χ0n) is 13.7. The fourth-order valence-corrected chi connectivity index (χ4v) is 3.05. The van der Waals surface area contributed by atoms with E-state index in [1.807, 2.05) is 18.2 Å². The van der Waals surface area contributed by atoms with Crippen molar-refractivity contribution in [2.75, 3.05) is 13.2 Å². The molecule has 0 saturated carbocycles. The quantitative estimate of drug-likeness (QED) is 0.796. The Hall–Kier alpha value is -2.69. The summed E-state index contributed by atoms with van der Waals surface area (Å²) in [5.74, 6) is 0.440. The molecule has 128 valence electrons. The number of carbonyl (C=O) groups excluding carboxylic acids is 1. The van der Waals surface area contributed by atoms with Crippen LogP contribution in [0.4, 0.5) is 0 Å². The summed E-state index contributed by atoms with van der Waals surface area (Å²) < 4.78 is 5.37. The molecule has 0 saturated heterocycles. The Labute approximate surface area is 146 Å². The third-order valence-electron chi connectivity index (χ3n) is 4.33. The van der Waals surface area contributed by atoms with E-state index in [-0.39, 0.29) is 19.0 Å². The van der Waals surface area contributed by atoms with Crippen LogP contribution in [-0.4, -0.2) is 35.3 Å². The number of hydrogen-bond donors (Lipinski definition) is 2. The van der Waals surface area contributed by atoms with Crippen LogP contribution in [0.1, 0.15) is 15.9 Å². The summed E-state index contributed by atoms with van der Waals surface area (Å²) in [7, 11) is 0. The summed E-state index contributed by atoms with van der Waals surface area (Å²) in [5.41, 5.74) is 0.0546. The van der Waals surface area contributed by atoms with Crippen LogP contribution in [0.15, 0.2) is 78.9 Å². The minimum atomic E-state index is -1.17. The molecule has 0 bridgehead atoms. The molecule has 25 heavy (non-hydrogen) atoms. The highest BCUT2D eigenvalue weighted by Crippen LogP contribution is 2.37. The van der Waals surface area contributed by atoms with Crippen LogP contribution >= 0.6 is 0 Å². The maximum absolute atomic E-state index is 13.3. The summed E-state index contributed by atoms with van der Waals surface area (Å²) in [6.45, 7) is 0.142. The number of benzene rings is 2. The molecule has 0 heterocycles. The van der Waals surface area contributed by atoms with Crippen molar-refractivity contribution in [1.29, 1.82) is 0 Å². The number of hydrogen-bond acceptors (Lipinski definition) is 4. The molecule has 1 aliphatic rings. The standard InChI is InChI=1S/C21H20O4/c22-14-15-25-18-11-9-17(10-12-18)21(13-5-4-8-19(21)23)20(24)16-6-2-1-3-7-16/h1-13,19,22-23H,14-15H2. The molecule has 3 rings (SSSR count). The molecule has 0 spiro atoms. The smallest absolute Gasteiger partial charge is 0.180 e. The molecule has 0 fully saturated rings. The highest BCUT2D eigenvalue weighted by atomic mass is 16.5. The van der Waals surface area contributed by atoms with Crippen LogP contribution in [0.5, 0.6) is 5.75 Å². The topological polar surface area (TPSA) is 66.8 Å². The van der Waals surface area contributed by atoms with Gasteiger partial charge in [-0.25, -0.2) is 0 Å². The fraction of sp³-hybridized carbons (Fsp3) is 0.190. The second-order valence-electron chi connectivity index (χ2n) is 5.85. The molecular formula is C21H20O4. The summed E-state index contributed by atoms with van der Waals surface area (Å²) in [4.78, 5) is 13.3. The number of allylic oxidation sites excluding steroid dienone is 2. The number of ketones is 1. The number of rotatable bonds is 6. The highest BCUT2D eigenvalue weighted by molar-refractivity contribution is 6.06. The van der Waals surface area contributed by atoms with Crippen LogP contribution in [0.3, 0.4) is 0 Å². The van der Waals surface area contributed by atoms with Gasteiger partial charge in [0.1, 0.15) is 17.8 Å². The Morgan fingerprint density at radius 3 is 2.40 bits per heavy atom. The van der Waals surface area contributed by atoms with E-state index < -0.39 is 11.5 Å². The van der Waals surface area contributed by atoms with Gasteiger partial charge in [0.15, 0.2) is 5.78 Å². The molecule has 0 aliphatic heterocycles. The van der Waals surface area contributed by atoms with Crippen molar-refractivity contribution in [3.63, 3.8) is 0 Å². The minimum Gasteiger partial charge on any atom is -0.491 e. The van der Waals surface area contributed by atoms with Crippen molar-refractivity contribution in [2.45, 2.75) is 11.5 Å². The summed E-state index contributed by atoms with van der Waals surface area (Å²) >= 11 is 0. The van der Waals surface area contributed by atoms with E-state index >= 15 is 0 Å². The van der Waals surface area contributed by atoms with E-state index in [1.165, 1.54) is 0 Å². The molecule has 4 nitrogen and oxygen atoms in total. The van der Waals surface area contributed by atoms with Crippen LogP contribution in [0.25, 0.3) is 0 Å². The van der Waals surface area contributed by atoms with Gasteiger partial charge in [0.05, 0.1) is 12.7 Å². The molecule has 2 N–H and O–H groups in total. The Morgan fingerprint density at radius 2 is 1.76 bits per heavy atom. The third kappa shape index (κ3) is 3.27. The molecule has 1 aliphatic carbocycles. The zero-order valence-corrected chi connectivity index (χ0v) is 13.7. The van der Waals surface area contributed by atoms with E-state index in [0.717, 1.165) is 0 Å². The minimum absolute atomic E-state index is 0.0651. The number of carbonyl (C=O) groups is 1. The van der Waals surface area contributed by atoms with Crippen molar-refractivity contribution in [2.24, 2.45) is 0 Å². The van der Waals surface area contributed by atoms with Crippen LogP contribution < -0.4 is 4.74 Å². The molecule has 4 heteroatoms. The van der Waals surface area contributed by atoms with Crippen molar-refractivity contribution in [3.05, 3.63) is 90.0 Å². The fourth-order valence-electron chi connectivity index (χ4n) is 3.05. The van der Waals surface area contributed by atoms with Crippen molar-refractivity contribution >= 4 is 5.78 Å². The number of aliphatic hydroxyl groups is 2. The van der Waals surface area contributed by atoms with Gasteiger partial charge in [0.2, 0.25) is 0 Å². The first-order valence-corrected chi connectivity index (χ1v) is 8.16. The molecule has 2 aromatic rings. The van der Waals surface area contributed by atoms with Gasteiger partial charge in [-0.3, -0.25) is 4.79 Å². The van der Waals surface area contributed by atoms with Crippen LogP contribution in [-0.2, 0) is 5.41 Å². The largest absolute Gasteiger partial charge is 0.491 e. The third-order valence-corrected chi connectivity index (χ3v) is 4.33. The molecule has 2 aromatic carbocycles. The maximum Gasteiger partial charge on any atom is 0.180 e. The first kappa shape index (κ1) is 17.1. The summed E-state index contributed by atoms with van der Waals surface area (Å²) in [6, 6.07) is 16.0. The summed E-state index contributed by atoms with van der Waals surface area (Å²) in [5, 5.41) is 19.5. The lowest BCUT2D eigenvalue weighted by atomic mass is 9.68. The van der Waals surface area contributed by atoms with Gasteiger partial charge < -0.3 is 14.9 Å². The van der Waals surface area contributed by atoms with Gasteiger partial charge in [-0.1, -0.05) is 66.8 Å². The van der Waals surface area contributed by atoms with E-state index in [1.54, 1.807) is 60.7 Å². The lowest BCUT2D eigenvalue weighted by Crippen LogP contribution is -2.45. The SMILES string of the molecule is O=C(c1ccccc1)C1(c2ccc(OCCO)cc2)C=CC=CC1O. The lowest BCUT2D eigenvalue weighted by molar-refractivity contribution is 0.0768. The number of Topliss-reactive ketones (excluding diaryl/α,β-unsaturated/α-hetero) is 1. The molecule has 2 unspecified atom stereocenters. The predicted molar refractivity (Wildman–Crippen MR) is 95.8 cm³/mol. The Balaban J connectivity index is 2.02. The Morgan fingerprint density at radius 1 is 1.04 bits per heavy atom. The van der Waals surface area contributed by atoms with Gasteiger partial charge in [0.25, 0.3) is 0 Å². The average molecular weight is 336 g/mol. The molecule has 0 radical (unpaired) electrons. The lowest BCUT2D eigenvalue weighted by Gasteiger charge is -2.35. The monoisotopic (exact) mass is 336 g/mol. The van der Waals surface area contributed by atoms with Crippen LogP contribution in [0, 0.1) is 0 Å². The second-order valence-corrected chi connectivity index (χ2v) is 5.85. The van der Waals surface area contributed by atoms with Gasteiger partial charge in [-0.15, -0.1) is 0 Å². The van der Waals surface area contributed by atoms with E-state index in [2.05, 4.69) is 0 Å². The Bertz CT molecular complexity index is 777. The first-order chi connectivity index (χ1) is 12.2. The van der Waals surface area contributed by atoms with E-state index in [9.17, 15) is 9.90 Å². The zero-order chi connectivity index (χ0) is 17.7. The maximum atomic E-state index is 13.3. The molecule has 0 aromatic heterocycles. The van der Waals surface area contributed by atoms with Crippen molar-refractivity contribution in [1.82, 2.24) is 0 Å². The van der Waals surface area contributed by atoms with E-state index in [0.29, 0.717) is 16.9 Å². The average Bonchev–Trinajstić information content (AvgIpc) is 2.67. The van der Waals surface area contributed by atoms with Gasteiger partial charge in [-0.05, 0) is 17.7 Å². The second kappa shape index (κ2) is 7.47. The summed E-state index contributed by atoms with van der Waals surface area (Å²) in [6.07, 6.45) is 5.92. The van der Waals surface area contributed by atoms with Crippen LogP contribution in [0.2, 0.25) is 0 Å². The van der Waals surface area contributed by atoms with E-state index in [4.69, 9.17) is 9.84 Å². The molecule has 2 atom stereocenters. The highest BCUT2D eigenvalue weighted by Gasteiger charge is 2.44. The Kier molecular flexibility index (Phi) is 5.12. The van der Waals surface area contributed by atoms with Gasteiger partial charge in [-0.2, -0.15) is 0 Å². The first-order valence-electron chi connectivity index (χ1n) is 8.16. The number of aliphatic hydroxyl groups excluding tert-OH is 2.